The first-order valence-electron chi connectivity index (χ1n) is 10.7. The minimum atomic E-state index is -0.515. The van der Waals surface area contributed by atoms with Gasteiger partial charge in [-0.3, -0.25) is 4.57 Å². The summed E-state index contributed by atoms with van der Waals surface area (Å²) in [7, 11) is 1.61. The van der Waals surface area contributed by atoms with E-state index in [1.54, 1.807) is 26.2 Å². The number of halogens is 1. The Labute approximate surface area is 190 Å². The van der Waals surface area contributed by atoms with Gasteiger partial charge in [0.25, 0.3) is 0 Å². The van der Waals surface area contributed by atoms with Gasteiger partial charge in [0.15, 0.2) is 0 Å². The Morgan fingerprint density at radius 3 is 2.48 bits per heavy atom. The summed E-state index contributed by atoms with van der Waals surface area (Å²) in [6, 6.07) is 20.8. The van der Waals surface area contributed by atoms with Gasteiger partial charge >= 0.3 is 5.97 Å². The van der Waals surface area contributed by atoms with E-state index in [-0.39, 0.29) is 12.4 Å². The maximum absolute atomic E-state index is 13.7. The van der Waals surface area contributed by atoms with E-state index in [4.69, 9.17) is 14.5 Å². The first-order chi connectivity index (χ1) is 16.1. The molecule has 1 aliphatic rings. The summed E-state index contributed by atoms with van der Waals surface area (Å²) in [5, 5.41) is 3.32. The highest BCUT2D eigenvalue weighted by Crippen LogP contribution is 2.42. The van der Waals surface area contributed by atoms with E-state index in [9.17, 15) is 9.18 Å². The smallest absolute Gasteiger partial charge is 0.338 e. The standard InChI is InChI=1S/C26H22FN3O3/c1-3-33-25(31)22-23(16-8-12-18(27)13-9-16)29-26-28-20-6-4-5-7-21(20)30(26)24(22)17-10-14-19(32-2)15-11-17/h4-15,24H,3H2,1-2H3,(H,28,29). The molecule has 1 aromatic heterocycles. The third kappa shape index (κ3) is 3.61. The second kappa shape index (κ2) is 8.43. The number of carbonyl (C=O) groups excluding carboxylic acids is 1. The van der Waals surface area contributed by atoms with E-state index in [1.165, 1.54) is 12.1 Å². The minimum Gasteiger partial charge on any atom is -0.497 e. The zero-order valence-corrected chi connectivity index (χ0v) is 18.2. The number of methoxy groups -OCH3 is 1. The van der Waals surface area contributed by atoms with Gasteiger partial charge in [0.1, 0.15) is 11.6 Å². The van der Waals surface area contributed by atoms with Crippen LogP contribution in [0.2, 0.25) is 0 Å². The van der Waals surface area contributed by atoms with Crippen molar-refractivity contribution in [3.8, 4) is 5.75 Å². The number of benzene rings is 3. The summed E-state index contributed by atoms with van der Waals surface area (Å²) in [5.74, 6) is 0.494. The van der Waals surface area contributed by atoms with Crippen LogP contribution in [0, 0.1) is 5.82 Å². The van der Waals surface area contributed by atoms with Crippen LogP contribution in [0.1, 0.15) is 24.1 Å². The monoisotopic (exact) mass is 443 g/mol. The molecule has 0 amide bonds. The van der Waals surface area contributed by atoms with E-state index in [1.807, 2.05) is 53.1 Å². The van der Waals surface area contributed by atoms with E-state index in [2.05, 4.69) is 5.32 Å². The highest BCUT2D eigenvalue weighted by atomic mass is 19.1. The molecule has 1 unspecified atom stereocenters. The third-order valence-electron chi connectivity index (χ3n) is 5.69. The third-order valence-corrected chi connectivity index (χ3v) is 5.69. The van der Waals surface area contributed by atoms with Gasteiger partial charge in [-0.15, -0.1) is 0 Å². The van der Waals surface area contributed by atoms with Gasteiger partial charge in [-0.2, -0.15) is 0 Å². The summed E-state index contributed by atoms with van der Waals surface area (Å²) in [4.78, 5) is 18.1. The van der Waals surface area contributed by atoms with Crippen LogP contribution in [-0.4, -0.2) is 29.2 Å². The molecule has 0 radical (unpaired) electrons. The lowest BCUT2D eigenvalue weighted by molar-refractivity contribution is -0.138. The zero-order valence-electron chi connectivity index (χ0n) is 18.2. The number of imidazole rings is 1. The molecule has 7 heteroatoms. The van der Waals surface area contributed by atoms with Gasteiger partial charge in [0.05, 0.1) is 42.1 Å². The number of esters is 1. The van der Waals surface area contributed by atoms with Crippen LogP contribution in [0.3, 0.4) is 0 Å². The number of fused-ring (bicyclic) bond motifs is 3. The average Bonchev–Trinajstić information content (AvgIpc) is 3.22. The Morgan fingerprint density at radius 1 is 1.06 bits per heavy atom. The minimum absolute atomic E-state index is 0.228. The van der Waals surface area contributed by atoms with Crippen LogP contribution in [0.4, 0.5) is 10.3 Å². The fourth-order valence-electron chi connectivity index (χ4n) is 4.21. The summed E-state index contributed by atoms with van der Waals surface area (Å²) in [6.07, 6.45) is 0. The van der Waals surface area contributed by atoms with Crippen LogP contribution < -0.4 is 10.1 Å². The van der Waals surface area contributed by atoms with Crippen molar-refractivity contribution in [3.05, 3.63) is 95.3 Å². The van der Waals surface area contributed by atoms with Gasteiger partial charge in [-0.05, 0) is 66.6 Å². The Balaban J connectivity index is 1.80. The molecule has 1 aliphatic heterocycles. The number of anilines is 1. The fourth-order valence-corrected chi connectivity index (χ4v) is 4.21. The summed E-state index contributed by atoms with van der Waals surface area (Å²) in [6.45, 7) is 2.00. The molecule has 0 aliphatic carbocycles. The van der Waals surface area contributed by atoms with E-state index in [0.29, 0.717) is 28.5 Å². The van der Waals surface area contributed by atoms with Gasteiger partial charge < -0.3 is 14.8 Å². The quantitative estimate of drug-likeness (QED) is 0.431. The van der Waals surface area contributed by atoms with Gasteiger partial charge in [0, 0.05) is 0 Å². The molecule has 0 spiro atoms. The molecule has 5 rings (SSSR count). The molecule has 0 fully saturated rings. The number of aromatic nitrogens is 2. The molecule has 33 heavy (non-hydrogen) atoms. The molecular weight excluding hydrogens is 421 g/mol. The molecule has 6 nitrogen and oxygen atoms in total. The van der Waals surface area contributed by atoms with Crippen molar-refractivity contribution in [2.24, 2.45) is 0 Å². The van der Waals surface area contributed by atoms with Crippen molar-refractivity contribution in [1.29, 1.82) is 0 Å². The predicted octanol–water partition coefficient (Wildman–Crippen LogP) is 5.17. The van der Waals surface area contributed by atoms with E-state index < -0.39 is 12.0 Å². The number of ether oxygens (including phenoxy) is 2. The van der Waals surface area contributed by atoms with Crippen molar-refractivity contribution < 1.29 is 18.7 Å². The normalized spacial score (nSPS) is 15.2. The predicted molar refractivity (Wildman–Crippen MR) is 124 cm³/mol. The first-order valence-corrected chi connectivity index (χ1v) is 10.7. The largest absolute Gasteiger partial charge is 0.497 e. The highest BCUT2D eigenvalue weighted by Gasteiger charge is 2.36. The van der Waals surface area contributed by atoms with Crippen molar-refractivity contribution >= 4 is 28.6 Å². The summed E-state index contributed by atoms with van der Waals surface area (Å²) in [5.41, 5.74) is 4.16. The van der Waals surface area contributed by atoms with Crippen molar-refractivity contribution in [2.75, 3.05) is 19.0 Å². The van der Waals surface area contributed by atoms with Crippen LogP contribution in [0.15, 0.2) is 78.4 Å². The molecule has 3 aromatic carbocycles. The topological polar surface area (TPSA) is 65.4 Å². The lowest BCUT2D eigenvalue weighted by atomic mass is 9.92. The summed E-state index contributed by atoms with van der Waals surface area (Å²) >= 11 is 0. The molecule has 1 atom stereocenters. The Kier molecular flexibility index (Phi) is 5.30. The van der Waals surface area contributed by atoms with Crippen molar-refractivity contribution in [3.63, 3.8) is 0 Å². The SMILES string of the molecule is CCOC(=O)C1=C(c2ccc(F)cc2)Nc2nc3ccccc3n2C1c1ccc(OC)cc1. The maximum atomic E-state index is 13.7. The second-order valence-electron chi connectivity index (χ2n) is 7.61. The van der Waals surface area contributed by atoms with Crippen LogP contribution in [0.5, 0.6) is 5.75 Å². The number of nitrogens with one attached hydrogen (secondary N) is 1. The van der Waals surface area contributed by atoms with E-state index >= 15 is 0 Å². The van der Waals surface area contributed by atoms with Crippen molar-refractivity contribution in [2.45, 2.75) is 13.0 Å². The highest BCUT2D eigenvalue weighted by molar-refractivity contribution is 6.03. The molecular formula is C26H22FN3O3. The zero-order chi connectivity index (χ0) is 22.9. The lowest BCUT2D eigenvalue weighted by Crippen LogP contribution is -2.29. The van der Waals surface area contributed by atoms with Crippen molar-refractivity contribution in [1.82, 2.24) is 9.55 Å². The number of hydrogen-bond donors (Lipinski definition) is 1. The lowest BCUT2D eigenvalue weighted by Gasteiger charge is -2.31. The van der Waals surface area contributed by atoms with Gasteiger partial charge in [-0.1, -0.05) is 24.3 Å². The number of hydrogen-bond acceptors (Lipinski definition) is 5. The van der Waals surface area contributed by atoms with Crippen LogP contribution >= 0.6 is 0 Å². The molecule has 1 N–H and O–H groups in total. The Bertz CT molecular complexity index is 1360. The molecule has 166 valence electrons. The fraction of sp³-hybridized carbons (Fsp3) is 0.154. The molecule has 0 saturated heterocycles. The number of nitrogens with zero attached hydrogens (tertiary/aromatic N) is 2. The van der Waals surface area contributed by atoms with Gasteiger partial charge in [-0.25, -0.2) is 14.2 Å². The maximum Gasteiger partial charge on any atom is 0.338 e. The average molecular weight is 443 g/mol. The molecule has 0 saturated carbocycles. The molecule has 4 aromatic rings. The second-order valence-corrected chi connectivity index (χ2v) is 7.61. The van der Waals surface area contributed by atoms with Gasteiger partial charge in [0.2, 0.25) is 5.95 Å². The van der Waals surface area contributed by atoms with Crippen LogP contribution in [0.25, 0.3) is 16.7 Å². The summed E-state index contributed by atoms with van der Waals surface area (Å²) < 4.78 is 26.5. The van der Waals surface area contributed by atoms with E-state index in [0.717, 1.165) is 16.6 Å². The molecule has 0 bridgehead atoms. The molecule has 2 heterocycles. The van der Waals surface area contributed by atoms with Crippen LogP contribution in [-0.2, 0) is 9.53 Å². The number of para-hydroxylation sites is 2. The number of rotatable bonds is 5. The Hall–Kier alpha value is -4.13. The first kappa shape index (κ1) is 20.8. The Morgan fingerprint density at radius 2 is 1.79 bits per heavy atom. The number of carbonyl (C=O) groups is 1.